The average molecular weight is 190 g/mol. The van der Waals surface area contributed by atoms with Gasteiger partial charge < -0.3 is 9.29 Å². The van der Waals surface area contributed by atoms with Gasteiger partial charge in [-0.05, 0) is 18.2 Å². The summed E-state index contributed by atoms with van der Waals surface area (Å²) in [5.74, 6) is -0.582. The van der Waals surface area contributed by atoms with Gasteiger partial charge in [-0.2, -0.15) is 0 Å². The van der Waals surface area contributed by atoms with Gasteiger partial charge in [0.1, 0.15) is 0 Å². The lowest BCUT2D eigenvalue weighted by molar-refractivity contribution is 0.385. The van der Waals surface area contributed by atoms with Crippen molar-refractivity contribution in [3.63, 3.8) is 0 Å². The summed E-state index contributed by atoms with van der Waals surface area (Å²) in [5, 5.41) is 0. The maximum absolute atomic E-state index is 12.8. The molecule has 1 aromatic carbocycles. The van der Waals surface area contributed by atoms with Crippen LogP contribution in [0, 0.1) is 5.82 Å². The highest BCUT2D eigenvalue weighted by Gasteiger charge is 2.05. The molecule has 1 atom stereocenters. The van der Waals surface area contributed by atoms with Crippen molar-refractivity contribution in [1.29, 1.82) is 0 Å². The molecule has 0 bridgehead atoms. The van der Waals surface area contributed by atoms with Crippen LogP contribution in [0.5, 0.6) is 5.75 Å². The van der Waals surface area contributed by atoms with E-state index in [0.717, 1.165) is 6.07 Å². The van der Waals surface area contributed by atoms with Gasteiger partial charge in [0.2, 0.25) is 0 Å². The first kappa shape index (κ1) is 9.15. The van der Waals surface area contributed by atoms with Crippen molar-refractivity contribution in [2.45, 2.75) is 4.90 Å². The van der Waals surface area contributed by atoms with E-state index in [4.69, 9.17) is 4.55 Å². The van der Waals surface area contributed by atoms with Crippen LogP contribution in [0.1, 0.15) is 0 Å². The quantitative estimate of drug-likeness (QED) is 0.717. The van der Waals surface area contributed by atoms with E-state index >= 15 is 0 Å². The Balaban J connectivity index is 3.10. The molecule has 0 radical (unpaired) electrons. The number of hydrogen-bond acceptors (Lipinski definition) is 2. The molecule has 1 N–H and O–H groups in total. The van der Waals surface area contributed by atoms with Crippen LogP contribution in [-0.2, 0) is 11.1 Å². The predicted octanol–water partition coefficient (Wildman–Crippen LogP) is 1.41. The number of rotatable bonds is 2. The fraction of sp³-hybridized carbons (Fsp3) is 0.143. The molecule has 1 rings (SSSR count). The molecule has 1 unspecified atom stereocenters. The third-order valence-corrected chi connectivity index (χ3v) is 1.98. The molecule has 0 saturated carbocycles. The molecule has 0 aliphatic carbocycles. The van der Waals surface area contributed by atoms with Crippen LogP contribution in [-0.4, -0.2) is 15.9 Å². The van der Waals surface area contributed by atoms with Crippen LogP contribution in [0.25, 0.3) is 0 Å². The van der Waals surface area contributed by atoms with E-state index in [2.05, 4.69) is 4.74 Å². The van der Waals surface area contributed by atoms with E-state index in [1.54, 1.807) is 0 Å². The lowest BCUT2D eigenvalue weighted by atomic mass is 10.3. The van der Waals surface area contributed by atoms with Crippen LogP contribution in [0.3, 0.4) is 0 Å². The van der Waals surface area contributed by atoms with Gasteiger partial charge in [-0.25, -0.2) is 8.60 Å². The van der Waals surface area contributed by atoms with Crippen molar-refractivity contribution >= 4 is 11.1 Å². The molecular weight excluding hydrogens is 183 g/mol. The van der Waals surface area contributed by atoms with Crippen molar-refractivity contribution < 1.29 is 17.9 Å². The van der Waals surface area contributed by atoms with Gasteiger partial charge in [-0.1, -0.05) is 0 Å². The highest BCUT2D eigenvalue weighted by Crippen LogP contribution is 2.18. The second kappa shape index (κ2) is 3.64. The number of hydrogen-bond donors (Lipinski definition) is 1. The maximum atomic E-state index is 12.8. The van der Waals surface area contributed by atoms with Gasteiger partial charge in [0.05, 0.1) is 12.0 Å². The second-order valence-corrected chi connectivity index (χ2v) is 3.02. The molecule has 0 aliphatic heterocycles. The normalized spacial score (nSPS) is 12.6. The van der Waals surface area contributed by atoms with Crippen LogP contribution >= 0.6 is 0 Å². The molecule has 1 aromatic rings. The second-order valence-electron chi connectivity index (χ2n) is 2.05. The van der Waals surface area contributed by atoms with Crippen LogP contribution < -0.4 is 4.74 Å². The molecule has 0 aliphatic rings. The third-order valence-electron chi connectivity index (χ3n) is 1.32. The summed E-state index contributed by atoms with van der Waals surface area (Å²) in [4.78, 5) is 0.0216. The number of benzene rings is 1. The molecule has 0 aromatic heterocycles. The fourth-order valence-corrected chi connectivity index (χ4v) is 1.14. The minimum atomic E-state index is -2.15. The zero-order valence-electron chi connectivity index (χ0n) is 6.28. The van der Waals surface area contributed by atoms with Gasteiger partial charge in [-0.3, -0.25) is 0 Å². The molecule has 0 spiro atoms. The van der Waals surface area contributed by atoms with E-state index in [9.17, 15) is 8.60 Å². The van der Waals surface area contributed by atoms with E-state index < -0.39 is 16.9 Å². The smallest absolute Gasteiger partial charge is 0.186 e. The Morgan fingerprint density at radius 1 is 1.58 bits per heavy atom. The minimum absolute atomic E-state index is 0.0216. The molecule has 66 valence electrons. The summed E-state index contributed by atoms with van der Waals surface area (Å²) in [5.41, 5.74) is 0. The van der Waals surface area contributed by atoms with Crippen LogP contribution in [0.4, 0.5) is 4.39 Å². The minimum Gasteiger partial charge on any atom is -0.494 e. The number of halogens is 1. The van der Waals surface area contributed by atoms with E-state index in [1.807, 2.05) is 0 Å². The van der Waals surface area contributed by atoms with Crippen molar-refractivity contribution in [2.75, 3.05) is 7.11 Å². The summed E-state index contributed by atoms with van der Waals surface area (Å²) in [6.45, 7) is 0. The number of methoxy groups -OCH3 is 1. The van der Waals surface area contributed by atoms with Gasteiger partial charge in [-0.15, -0.1) is 0 Å². The molecule has 0 saturated heterocycles. The lowest BCUT2D eigenvalue weighted by Gasteiger charge is -2.01. The summed E-state index contributed by atoms with van der Waals surface area (Å²) < 4.78 is 36.5. The molecule has 12 heavy (non-hydrogen) atoms. The van der Waals surface area contributed by atoms with Crippen LogP contribution in [0.15, 0.2) is 23.1 Å². The van der Waals surface area contributed by atoms with Gasteiger partial charge >= 0.3 is 0 Å². The van der Waals surface area contributed by atoms with E-state index in [0.29, 0.717) is 0 Å². The zero-order valence-corrected chi connectivity index (χ0v) is 7.10. The third kappa shape index (κ3) is 1.80. The fourth-order valence-electron chi connectivity index (χ4n) is 0.756. The summed E-state index contributed by atoms with van der Waals surface area (Å²) in [6, 6.07) is 3.60. The maximum Gasteiger partial charge on any atom is 0.186 e. The standard InChI is InChI=1S/C7H7FO3S/c1-11-7-3-2-5(12(9)10)4-6(7)8/h2-4H,1H3,(H,9,10). The molecule has 5 heteroatoms. The Labute approximate surface area is 71.5 Å². The molecule has 0 amide bonds. The first-order valence-corrected chi connectivity index (χ1v) is 4.20. The van der Waals surface area contributed by atoms with Gasteiger partial charge in [0.25, 0.3) is 0 Å². The molecule has 0 fully saturated rings. The Morgan fingerprint density at radius 3 is 2.67 bits per heavy atom. The summed E-state index contributed by atoms with van der Waals surface area (Å²) >= 11 is -2.15. The SMILES string of the molecule is COc1ccc(S(=O)O)cc1F. The molecular formula is C7H7FO3S. The first-order chi connectivity index (χ1) is 5.65. The van der Waals surface area contributed by atoms with E-state index in [-0.39, 0.29) is 10.6 Å². The Bertz CT molecular complexity index is 314. The van der Waals surface area contributed by atoms with Crippen molar-refractivity contribution in [1.82, 2.24) is 0 Å². The average Bonchev–Trinajstić information content (AvgIpc) is 2.04. The highest BCUT2D eigenvalue weighted by atomic mass is 32.2. The lowest BCUT2D eigenvalue weighted by Crippen LogP contribution is -1.92. The predicted molar refractivity (Wildman–Crippen MR) is 42.0 cm³/mol. The highest BCUT2D eigenvalue weighted by molar-refractivity contribution is 7.79. The van der Waals surface area contributed by atoms with E-state index in [1.165, 1.54) is 19.2 Å². The topological polar surface area (TPSA) is 46.5 Å². The first-order valence-electron chi connectivity index (χ1n) is 3.09. The van der Waals surface area contributed by atoms with Crippen molar-refractivity contribution in [3.8, 4) is 5.75 Å². The summed E-state index contributed by atoms with van der Waals surface area (Å²) in [7, 11) is 1.33. The van der Waals surface area contributed by atoms with Gasteiger partial charge in [0.15, 0.2) is 22.6 Å². The Morgan fingerprint density at radius 2 is 2.25 bits per heavy atom. The Kier molecular flexibility index (Phi) is 2.78. The monoisotopic (exact) mass is 190 g/mol. The molecule has 0 heterocycles. The largest absolute Gasteiger partial charge is 0.494 e. The zero-order chi connectivity index (χ0) is 9.14. The van der Waals surface area contributed by atoms with Crippen molar-refractivity contribution in [3.05, 3.63) is 24.0 Å². The van der Waals surface area contributed by atoms with Gasteiger partial charge in [0, 0.05) is 0 Å². The van der Waals surface area contributed by atoms with Crippen molar-refractivity contribution in [2.24, 2.45) is 0 Å². The Hall–Kier alpha value is -0.940. The number of ether oxygens (including phenoxy) is 1. The molecule has 3 nitrogen and oxygen atoms in total. The summed E-state index contributed by atoms with van der Waals surface area (Å²) in [6.07, 6.45) is 0. The van der Waals surface area contributed by atoms with Crippen LogP contribution in [0.2, 0.25) is 0 Å².